The van der Waals surface area contributed by atoms with Crippen LogP contribution in [0.2, 0.25) is 0 Å². The molecule has 0 aliphatic rings. The Bertz CT molecular complexity index is 1760. The largest absolute Gasteiger partial charge is 0.310 e. The first-order chi connectivity index (χ1) is 15.0. The maximum absolute atomic E-state index is 13.4. The van der Waals surface area contributed by atoms with Crippen molar-refractivity contribution in [1.82, 2.24) is 9.97 Å². The van der Waals surface area contributed by atoms with Crippen molar-refractivity contribution in [2.75, 3.05) is 0 Å². The fraction of sp³-hybridized carbons (Fsp3) is 0. The molecule has 6 aromatic rings. The van der Waals surface area contributed by atoms with Crippen LogP contribution >= 0.6 is 10.2 Å². The molecule has 8 heteroatoms. The molecular weight excluding hydrogens is 443 g/mol. The zero-order chi connectivity index (χ0) is 22.4. The summed E-state index contributed by atoms with van der Waals surface area (Å²) in [7, 11) is -9.85. The third-order valence-electron chi connectivity index (χ3n) is 5.72. The van der Waals surface area contributed by atoms with E-state index in [1.807, 2.05) is 60.7 Å². The molecule has 0 spiro atoms. The first kappa shape index (κ1) is 19.2. The van der Waals surface area contributed by atoms with E-state index in [-0.39, 0.29) is 11.0 Å². The topological polar surface area (TPSA) is 25.8 Å². The molecule has 32 heavy (non-hydrogen) atoms. The summed E-state index contributed by atoms with van der Waals surface area (Å²) < 4.78 is 67.1. The average Bonchev–Trinajstić information content (AvgIpc) is 2.75. The molecule has 0 N–H and O–H groups in total. The Hall–Kier alpha value is -3.52. The molecule has 160 valence electrons. The van der Waals surface area contributed by atoms with Crippen molar-refractivity contribution in [3.63, 3.8) is 0 Å². The van der Waals surface area contributed by atoms with Gasteiger partial charge in [-0.15, -0.1) is 0 Å². The van der Waals surface area contributed by atoms with Crippen LogP contribution < -0.4 is 0 Å². The SMILES string of the molecule is FS(F)(F)(F)(F)c1ccc2nc3c4ccccc4c4ccc5ccccc5c4c3nc2c1. The highest BCUT2D eigenvalue weighted by Gasteiger charge is 2.65. The minimum absolute atomic E-state index is 0.118. The van der Waals surface area contributed by atoms with E-state index in [0.29, 0.717) is 23.2 Å². The van der Waals surface area contributed by atoms with Crippen LogP contribution in [0.3, 0.4) is 0 Å². The van der Waals surface area contributed by atoms with E-state index in [2.05, 4.69) is 9.97 Å². The van der Waals surface area contributed by atoms with Crippen molar-refractivity contribution < 1.29 is 19.4 Å². The third kappa shape index (κ3) is 2.79. The van der Waals surface area contributed by atoms with E-state index in [9.17, 15) is 19.4 Å². The lowest BCUT2D eigenvalue weighted by Gasteiger charge is -2.40. The summed E-state index contributed by atoms with van der Waals surface area (Å²) in [6, 6.07) is 20.8. The molecule has 0 fully saturated rings. The van der Waals surface area contributed by atoms with Crippen molar-refractivity contribution >= 4 is 64.6 Å². The molecular formula is C24H13F5N2S. The lowest BCUT2D eigenvalue weighted by atomic mass is 9.95. The lowest BCUT2D eigenvalue weighted by Crippen LogP contribution is -2.06. The Kier molecular flexibility index (Phi) is 3.27. The Balaban J connectivity index is 1.87. The van der Waals surface area contributed by atoms with E-state index in [4.69, 9.17) is 0 Å². The third-order valence-corrected chi connectivity index (χ3v) is 6.86. The average molecular weight is 456 g/mol. The maximum Gasteiger partial charge on any atom is 0.310 e. The number of nitrogens with zero attached hydrogens (tertiary/aromatic N) is 2. The highest BCUT2D eigenvalue weighted by atomic mass is 32.5. The Morgan fingerprint density at radius 2 is 1.19 bits per heavy atom. The number of aromatic nitrogens is 2. The van der Waals surface area contributed by atoms with Crippen LogP contribution in [0.1, 0.15) is 0 Å². The summed E-state index contributed by atoms with van der Waals surface area (Å²) in [5.41, 5.74) is 0.778. The van der Waals surface area contributed by atoms with Crippen LogP contribution in [0.5, 0.6) is 0 Å². The highest BCUT2D eigenvalue weighted by molar-refractivity contribution is 8.45. The summed E-state index contributed by atoms with van der Waals surface area (Å²) in [4.78, 5) is 7.06. The summed E-state index contributed by atoms with van der Waals surface area (Å²) >= 11 is 0. The van der Waals surface area contributed by atoms with Crippen molar-refractivity contribution in [2.24, 2.45) is 0 Å². The van der Waals surface area contributed by atoms with Gasteiger partial charge in [0.15, 0.2) is 0 Å². The zero-order valence-corrected chi connectivity index (χ0v) is 17.0. The predicted octanol–water partition coefficient (Wildman–Crippen LogP) is 8.90. The molecule has 0 aliphatic heterocycles. The Morgan fingerprint density at radius 1 is 0.531 bits per heavy atom. The van der Waals surface area contributed by atoms with E-state index < -0.39 is 15.1 Å². The van der Waals surface area contributed by atoms with Crippen LogP contribution in [0.4, 0.5) is 19.4 Å². The van der Waals surface area contributed by atoms with Gasteiger partial charge in [0.05, 0.1) is 22.1 Å². The van der Waals surface area contributed by atoms with E-state index in [1.54, 1.807) is 0 Å². The van der Waals surface area contributed by atoms with Crippen LogP contribution in [-0.4, -0.2) is 9.97 Å². The van der Waals surface area contributed by atoms with Crippen molar-refractivity contribution in [2.45, 2.75) is 4.90 Å². The van der Waals surface area contributed by atoms with Crippen LogP contribution in [-0.2, 0) is 0 Å². The summed E-state index contributed by atoms with van der Waals surface area (Å²) in [5.74, 6) is 0. The molecule has 2 nitrogen and oxygen atoms in total. The quantitative estimate of drug-likeness (QED) is 0.140. The monoisotopic (exact) mass is 456 g/mol. The summed E-state index contributed by atoms with van der Waals surface area (Å²) in [5, 5.41) is 5.10. The smallest absolute Gasteiger partial charge is 0.244 e. The van der Waals surface area contributed by atoms with Gasteiger partial charge in [-0.25, -0.2) is 9.97 Å². The van der Waals surface area contributed by atoms with Gasteiger partial charge in [-0.2, -0.15) is 0 Å². The van der Waals surface area contributed by atoms with Gasteiger partial charge in [-0.1, -0.05) is 80.1 Å². The van der Waals surface area contributed by atoms with Gasteiger partial charge in [0, 0.05) is 10.8 Å². The maximum atomic E-state index is 13.4. The number of fused-ring (bicyclic) bond motifs is 9. The molecule has 0 amide bonds. The van der Waals surface area contributed by atoms with Gasteiger partial charge in [-0.3, -0.25) is 0 Å². The molecule has 6 rings (SSSR count). The highest BCUT2D eigenvalue weighted by Crippen LogP contribution is 3.02. The number of rotatable bonds is 1. The fourth-order valence-electron chi connectivity index (χ4n) is 4.31. The molecule has 0 unspecified atom stereocenters. The molecule has 0 saturated carbocycles. The molecule has 5 aromatic carbocycles. The van der Waals surface area contributed by atoms with Crippen LogP contribution in [0.15, 0.2) is 83.8 Å². The summed E-state index contributed by atoms with van der Waals surface area (Å²) in [6.45, 7) is 0. The van der Waals surface area contributed by atoms with Gasteiger partial charge in [0.25, 0.3) is 0 Å². The van der Waals surface area contributed by atoms with Gasteiger partial charge < -0.3 is 0 Å². The number of hydrogen-bond donors (Lipinski definition) is 0. The second-order valence-corrected chi connectivity index (χ2v) is 10.2. The molecule has 1 heterocycles. The fourth-order valence-corrected chi connectivity index (χ4v) is 4.97. The predicted molar refractivity (Wildman–Crippen MR) is 121 cm³/mol. The number of hydrogen-bond acceptors (Lipinski definition) is 2. The van der Waals surface area contributed by atoms with Gasteiger partial charge in [-0.05, 0) is 39.7 Å². The zero-order valence-electron chi connectivity index (χ0n) is 16.2. The normalized spacial score (nSPS) is 14.9. The summed E-state index contributed by atoms with van der Waals surface area (Å²) in [6.07, 6.45) is 0. The first-order valence-corrected chi connectivity index (χ1v) is 11.6. The van der Waals surface area contributed by atoms with Crippen molar-refractivity contribution in [3.8, 4) is 0 Å². The van der Waals surface area contributed by atoms with E-state index in [0.717, 1.165) is 38.4 Å². The van der Waals surface area contributed by atoms with E-state index >= 15 is 0 Å². The Labute approximate surface area is 178 Å². The molecule has 0 atom stereocenters. The van der Waals surface area contributed by atoms with Gasteiger partial charge in [0.1, 0.15) is 4.90 Å². The second-order valence-electron chi connectivity index (χ2n) is 7.80. The number of benzene rings is 5. The van der Waals surface area contributed by atoms with Crippen LogP contribution in [0, 0.1) is 0 Å². The minimum Gasteiger partial charge on any atom is -0.244 e. The molecule has 0 saturated heterocycles. The Morgan fingerprint density at radius 3 is 1.94 bits per heavy atom. The number of halogens is 5. The second kappa shape index (κ2) is 5.45. The van der Waals surface area contributed by atoms with E-state index in [1.165, 1.54) is 0 Å². The first-order valence-electron chi connectivity index (χ1n) is 9.67. The molecule has 0 aliphatic carbocycles. The minimum atomic E-state index is -9.85. The molecule has 0 radical (unpaired) electrons. The molecule has 1 aromatic heterocycles. The molecule has 0 bridgehead atoms. The van der Waals surface area contributed by atoms with Gasteiger partial charge >= 0.3 is 10.2 Å². The lowest BCUT2D eigenvalue weighted by molar-refractivity contribution is 0.364. The standard InChI is InChI=1S/C24H13F5N2S/c25-32(26,27,28,29)15-10-12-20-21(13-15)31-24-22-16-6-2-1-5-14(16)9-11-18(22)17-7-3-4-8-19(17)23(24)30-20/h1-13H. The van der Waals surface area contributed by atoms with Crippen LogP contribution in [0.25, 0.3) is 54.4 Å². The van der Waals surface area contributed by atoms with Crippen molar-refractivity contribution in [1.29, 1.82) is 0 Å². The van der Waals surface area contributed by atoms with Gasteiger partial charge in [0.2, 0.25) is 0 Å². The van der Waals surface area contributed by atoms with Crippen molar-refractivity contribution in [3.05, 3.63) is 78.9 Å².